The first-order chi connectivity index (χ1) is 11.7. The highest BCUT2D eigenvalue weighted by Gasteiger charge is 2.41. The number of benzene rings is 1. The van der Waals surface area contributed by atoms with Gasteiger partial charge in [0.1, 0.15) is 5.78 Å². The molecule has 2 heterocycles. The van der Waals surface area contributed by atoms with Crippen LogP contribution in [0.5, 0.6) is 0 Å². The number of thioether (sulfide) groups is 1. The fourth-order valence-corrected chi connectivity index (χ4v) is 4.12. The Labute approximate surface area is 149 Å². The molecule has 0 unspecified atom stereocenters. The molecule has 0 saturated heterocycles. The molecule has 2 aromatic rings. The SMILES string of the molecule is CCSc1nc2n(n1)[C@@H](c1cccc(Cl)c1)[C@@H]1C(=O)CCC=C1N2. The van der Waals surface area contributed by atoms with Gasteiger partial charge in [0, 0.05) is 17.1 Å². The van der Waals surface area contributed by atoms with Gasteiger partial charge >= 0.3 is 0 Å². The van der Waals surface area contributed by atoms with Crippen molar-refractivity contribution in [2.24, 2.45) is 5.92 Å². The van der Waals surface area contributed by atoms with Gasteiger partial charge in [0.2, 0.25) is 11.1 Å². The molecule has 0 spiro atoms. The van der Waals surface area contributed by atoms with Crippen molar-refractivity contribution in [2.75, 3.05) is 11.1 Å². The Morgan fingerprint density at radius 1 is 1.46 bits per heavy atom. The number of hydrogen-bond acceptors (Lipinski definition) is 5. The zero-order valence-electron chi connectivity index (χ0n) is 13.2. The van der Waals surface area contributed by atoms with Gasteiger partial charge < -0.3 is 5.32 Å². The molecule has 4 rings (SSSR count). The summed E-state index contributed by atoms with van der Waals surface area (Å²) in [6.07, 6.45) is 3.44. The summed E-state index contributed by atoms with van der Waals surface area (Å²) in [5.74, 6) is 1.56. The Morgan fingerprint density at radius 2 is 2.33 bits per heavy atom. The highest BCUT2D eigenvalue weighted by Crippen LogP contribution is 2.42. The van der Waals surface area contributed by atoms with Crippen LogP contribution in [0.4, 0.5) is 5.95 Å². The molecule has 2 atom stereocenters. The fraction of sp³-hybridized carbons (Fsp3) is 0.353. The zero-order valence-corrected chi connectivity index (χ0v) is 14.8. The number of allylic oxidation sites excluding steroid dienone is 2. The molecule has 0 bridgehead atoms. The third-order valence-electron chi connectivity index (χ3n) is 4.35. The minimum atomic E-state index is -0.258. The summed E-state index contributed by atoms with van der Waals surface area (Å²) in [6.45, 7) is 2.07. The van der Waals surface area contributed by atoms with Crippen LogP contribution in [-0.2, 0) is 4.79 Å². The molecule has 1 aromatic heterocycles. The molecule has 1 aliphatic heterocycles. The van der Waals surface area contributed by atoms with Crippen LogP contribution in [-0.4, -0.2) is 26.3 Å². The molecular weight excluding hydrogens is 344 g/mol. The van der Waals surface area contributed by atoms with Crippen molar-refractivity contribution >= 4 is 35.1 Å². The number of aromatic nitrogens is 3. The van der Waals surface area contributed by atoms with E-state index in [9.17, 15) is 4.79 Å². The molecular formula is C17H17ClN4OS. The van der Waals surface area contributed by atoms with E-state index in [0.717, 1.165) is 28.6 Å². The average molecular weight is 361 g/mol. The molecule has 7 heteroatoms. The maximum absolute atomic E-state index is 12.7. The highest BCUT2D eigenvalue weighted by atomic mass is 35.5. The lowest BCUT2D eigenvalue weighted by Gasteiger charge is -2.36. The summed E-state index contributed by atoms with van der Waals surface area (Å²) in [6, 6.07) is 7.45. The lowest BCUT2D eigenvalue weighted by Crippen LogP contribution is -2.38. The second-order valence-corrected chi connectivity index (χ2v) is 7.53. The molecule has 0 fully saturated rings. The number of ketones is 1. The van der Waals surface area contributed by atoms with Crippen molar-refractivity contribution < 1.29 is 4.79 Å². The highest BCUT2D eigenvalue weighted by molar-refractivity contribution is 7.99. The maximum Gasteiger partial charge on any atom is 0.227 e. The van der Waals surface area contributed by atoms with Crippen molar-refractivity contribution in [1.29, 1.82) is 0 Å². The summed E-state index contributed by atoms with van der Waals surface area (Å²) >= 11 is 7.78. The normalized spacial score (nSPS) is 22.4. The van der Waals surface area contributed by atoms with Gasteiger partial charge in [0.25, 0.3) is 0 Å². The summed E-state index contributed by atoms with van der Waals surface area (Å²) in [7, 11) is 0. The number of nitrogens with zero attached hydrogens (tertiary/aromatic N) is 3. The van der Waals surface area contributed by atoms with Crippen LogP contribution in [0.25, 0.3) is 0 Å². The third-order valence-corrected chi connectivity index (χ3v) is 5.30. The Bertz CT molecular complexity index is 832. The van der Waals surface area contributed by atoms with E-state index in [1.54, 1.807) is 11.8 Å². The summed E-state index contributed by atoms with van der Waals surface area (Å²) in [5, 5.41) is 9.32. The largest absolute Gasteiger partial charge is 0.328 e. The summed E-state index contributed by atoms with van der Waals surface area (Å²) in [5.41, 5.74) is 1.92. The van der Waals surface area contributed by atoms with Gasteiger partial charge in [-0.15, -0.1) is 5.10 Å². The molecule has 0 radical (unpaired) electrons. The van der Waals surface area contributed by atoms with Gasteiger partial charge in [-0.3, -0.25) is 4.79 Å². The van der Waals surface area contributed by atoms with Gasteiger partial charge in [-0.2, -0.15) is 4.98 Å². The van der Waals surface area contributed by atoms with Crippen LogP contribution in [0.15, 0.2) is 41.2 Å². The van der Waals surface area contributed by atoms with Crippen LogP contribution < -0.4 is 5.32 Å². The van der Waals surface area contributed by atoms with Crippen LogP contribution in [0.3, 0.4) is 0 Å². The summed E-state index contributed by atoms with van der Waals surface area (Å²) < 4.78 is 1.84. The van der Waals surface area contributed by atoms with Crippen molar-refractivity contribution in [3.05, 3.63) is 46.6 Å². The first-order valence-corrected chi connectivity index (χ1v) is 9.38. The molecule has 1 aromatic carbocycles. The molecule has 124 valence electrons. The fourth-order valence-electron chi connectivity index (χ4n) is 3.37. The second kappa shape index (κ2) is 6.26. The molecule has 5 nitrogen and oxygen atoms in total. The molecule has 0 amide bonds. The Morgan fingerprint density at radius 3 is 3.12 bits per heavy atom. The van der Waals surface area contributed by atoms with E-state index in [2.05, 4.69) is 28.4 Å². The molecule has 24 heavy (non-hydrogen) atoms. The molecule has 1 aliphatic carbocycles. The van der Waals surface area contributed by atoms with Gasteiger partial charge in [-0.05, 0) is 29.9 Å². The Balaban J connectivity index is 1.88. The van der Waals surface area contributed by atoms with Crippen LogP contribution >= 0.6 is 23.4 Å². The first kappa shape index (κ1) is 15.7. The number of carbonyl (C=O) groups excluding carboxylic acids is 1. The van der Waals surface area contributed by atoms with E-state index < -0.39 is 0 Å². The van der Waals surface area contributed by atoms with Crippen LogP contribution in [0, 0.1) is 5.92 Å². The topological polar surface area (TPSA) is 59.8 Å². The molecule has 0 saturated carbocycles. The first-order valence-electron chi connectivity index (χ1n) is 8.02. The predicted octanol–water partition coefficient (Wildman–Crippen LogP) is 3.92. The molecule has 1 N–H and O–H groups in total. The van der Waals surface area contributed by atoms with E-state index >= 15 is 0 Å². The number of hydrogen-bond donors (Lipinski definition) is 1. The Kier molecular flexibility index (Phi) is 4.10. The monoisotopic (exact) mass is 360 g/mol. The van der Waals surface area contributed by atoms with E-state index in [4.69, 9.17) is 11.6 Å². The number of nitrogens with one attached hydrogen (secondary N) is 1. The molecule has 2 aliphatic rings. The van der Waals surface area contributed by atoms with Gasteiger partial charge in [0.05, 0.1) is 12.0 Å². The third kappa shape index (κ3) is 2.63. The summed E-state index contributed by atoms with van der Waals surface area (Å²) in [4.78, 5) is 17.2. The van der Waals surface area contributed by atoms with E-state index in [-0.39, 0.29) is 17.7 Å². The van der Waals surface area contributed by atoms with Gasteiger partial charge in [-0.25, -0.2) is 4.68 Å². The lowest BCUT2D eigenvalue weighted by molar-refractivity contribution is -0.123. The number of fused-ring (bicyclic) bond motifs is 2. The second-order valence-electron chi connectivity index (χ2n) is 5.86. The predicted molar refractivity (Wildman–Crippen MR) is 95.4 cm³/mol. The lowest BCUT2D eigenvalue weighted by atomic mass is 9.81. The van der Waals surface area contributed by atoms with E-state index in [1.165, 1.54) is 0 Å². The van der Waals surface area contributed by atoms with Crippen molar-refractivity contribution in [1.82, 2.24) is 14.8 Å². The number of carbonyl (C=O) groups is 1. The smallest absolute Gasteiger partial charge is 0.227 e. The zero-order chi connectivity index (χ0) is 16.7. The average Bonchev–Trinajstić information content (AvgIpc) is 2.95. The standard InChI is InChI=1S/C17H17ClN4OS/c1-2-24-17-20-16-19-12-7-4-8-13(23)14(12)15(22(16)21-17)10-5-3-6-11(18)9-10/h3,5-7,9,14-15H,2,4,8H2,1H3,(H,19,20,21)/t14-,15-/m0/s1. The Hall–Kier alpha value is -1.79. The number of halogens is 1. The minimum Gasteiger partial charge on any atom is -0.328 e. The van der Waals surface area contributed by atoms with E-state index in [0.29, 0.717) is 17.4 Å². The van der Waals surface area contributed by atoms with Crippen molar-refractivity contribution in [2.45, 2.75) is 31.0 Å². The quantitative estimate of drug-likeness (QED) is 0.840. The number of anilines is 1. The van der Waals surface area contributed by atoms with Crippen LogP contribution in [0.1, 0.15) is 31.4 Å². The number of Topliss-reactive ketones (excluding diaryl/α,β-unsaturated/α-hetero) is 1. The van der Waals surface area contributed by atoms with Crippen molar-refractivity contribution in [3.63, 3.8) is 0 Å². The minimum absolute atomic E-state index is 0.210. The van der Waals surface area contributed by atoms with Crippen LogP contribution in [0.2, 0.25) is 5.02 Å². The van der Waals surface area contributed by atoms with Gasteiger partial charge in [-0.1, -0.05) is 48.5 Å². The van der Waals surface area contributed by atoms with Crippen molar-refractivity contribution in [3.8, 4) is 0 Å². The van der Waals surface area contributed by atoms with Gasteiger partial charge in [0.15, 0.2) is 0 Å². The number of rotatable bonds is 3. The maximum atomic E-state index is 12.7. The van der Waals surface area contributed by atoms with E-state index in [1.807, 2.05) is 28.9 Å².